The van der Waals surface area contributed by atoms with Gasteiger partial charge >= 0.3 is 0 Å². The smallest absolute Gasteiger partial charge is 0.0398 e. The topological polar surface area (TPSA) is 26.0 Å². The molecule has 1 heterocycles. The molecule has 2 rings (SSSR count). The minimum absolute atomic E-state index is 0.130. The number of aryl methyl sites for hydroxylation is 2. The first kappa shape index (κ1) is 12.7. The normalized spacial score (nSPS) is 12.6. The van der Waals surface area contributed by atoms with Crippen LogP contribution in [0.25, 0.3) is 0 Å². The molecule has 0 saturated carbocycles. The lowest BCUT2D eigenvalue weighted by atomic mass is 10.2. The van der Waals surface area contributed by atoms with E-state index in [1.165, 1.54) is 20.9 Å². The van der Waals surface area contributed by atoms with E-state index < -0.39 is 0 Å². The maximum atomic E-state index is 6.18. The Morgan fingerprint density at radius 3 is 2.76 bits per heavy atom. The fourth-order valence-electron chi connectivity index (χ4n) is 1.65. The van der Waals surface area contributed by atoms with Crippen LogP contribution in [0.2, 0.25) is 0 Å². The molecule has 0 spiro atoms. The first-order chi connectivity index (χ1) is 8.15. The van der Waals surface area contributed by atoms with Gasteiger partial charge in [-0.05, 0) is 43.0 Å². The molecule has 1 aromatic carbocycles. The predicted octanol–water partition coefficient (Wildman–Crippen LogP) is 4.16. The van der Waals surface area contributed by atoms with Gasteiger partial charge in [0.15, 0.2) is 0 Å². The molecule has 1 atom stereocenters. The highest BCUT2D eigenvalue weighted by Gasteiger charge is 2.08. The Morgan fingerprint density at radius 1 is 1.29 bits per heavy atom. The molecule has 0 fully saturated rings. The monoisotopic (exact) mass is 263 g/mol. The molecule has 0 radical (unpaired) electrons. The summed E-state index contributed by atoms with van der Waals surface area (Å²) < 4.78 is 0. The summed E-state index contributed by atoms with van der Waals surface area (Å²) >= 11 is 3.59. The predicted molar refractivity (Wildman–Crippen MR) is 77.9 cm³/mol. The molecule has 2 N–H and O–H groups in total. The Balaban J connectivity index is 1.94. The number of thioether (sulfide) groups is 1. The number of hydrogen-bond acceptors (Lipinski definition) is 3. The molecular formula is C14H17NS2. The summed E-state index contributed by atoms with van der Waals surface area (Å²) in [7, 11) is 0. The van der Waals surface area contributed by atoms with E-state index in [0.29, 0.717) is 0 Å². The van der Waals surface area contributed by atoms with Crippen LogP contribution in [-0.4, -0.2) is 5.75 Å². The van der Waals surface area contributed by atoms with Crippen molar-refractivity contribution < 1.29 is 0 Å². The maximum absolute atomic E-state index is 6.18. The van der Waals surface area contributed by atoms with Gasteiger partial charge in [0.25, 0.3) is 0 Å². The van der Waals surface area contributed by atoms with E-state index in [1.807, 2.05) is 11.8 Å². The third kappa shape index (κ3) is 3.60. The molecule has 2 aromatic rings. The standard InChI is InChI=1S/C14H17NS2/c1-10-4-3-5-13(6-10)17-9-14(15)12-7-11(2)16-8-12/h3-8,14H,9,15H2,1-2H3. The van der Waals surface area contributed by atoms with Crippen LogP contribution < -0.4 is 5.73 Å². The van der Waals surface area contributed by atoms with Gasteiger partial charge in [0, 0.05) is 21.6 Å². The van der Waals surface area contributed by atoms with Crippen molar-refractivity contribution in [3.05, 3.63) is 51.7 Å². The Bertz CT molecular complexity index is 490. The summed E-state index contributed by atoms with van der Waals surface area (Å²) in [6.07, 6.45) is 0. The van der Waals surface area contributed by atoms with E-state index >= 15 is 0 Å². The molecule has 1 aromatic heterocycles. The average Bonchev–Trinajstić information content (AvgIpc) is 2.73. The van der Waals surface area contributed by atoms with Gasteiger partial charge in [-0.25, -0.2) is 0 Å². The minimum atomic E-state index is 0.130. The molecule has 0 amide bonds. The van der Waals surface area contributed by atoms with Gasteiger partial charge in [-0.2, -0.15) is 0 Å². The number of thiophene rings is 1. The molecule has 90 valence electrons. The SMILES string of the molecule is Cc1cccc(SCC(N)c2csc(C)c2)c1. The van der Waals surface area contributed by atoms with E-state index in [-0.39, 0.29) is 6.04 Å². The largest absolute Gasteiger partial charge is 0.323 e. The zero-order valence-electron chi connectivity index (χ0n) is 10.1. The van der Waals surface area contributed by atoms with Crippen LogP contribution in [0.3, 0.4) is 0 Å². The third-order valence-corrected chi connectivity index (χ3v) is 4.59. The summed E-state index contributed by atoms with van der Waals surface area (Å²) in [6.45, 7) is 4.24. The van der Waals surface area contributed by atoms with E-state index in [9.17, 15) is 0 Å². The van der Waals surface area contributed by atoms with Gasteiger partial charge in [-0.1, -0.05) is 17.7 Å². The highest BCUT2D eigenvalue weighted by atomic mass is 32.2. The fourth-order valence-corrected chi connectivity index (χ4v) is 3.42. The van der Waals surface area contributed by atoms with Crippen molar-refractivity contribution >= 4 is 23.1 Å². The van der Waals surface area contributed by atoms with Crippen LogP contribution in [0, 0.1) is 13.8 Å². The summed E-state index contributed by atoms with van der Waals surface area (Å²) in [5.41, 5.74) is 8.74. The molecule has 3 heteroatoms. The average molecular weight is 263 g/mol. The van der Waals surface area contributed by atoms with Crippen LogP contribution >= 0.6 is 23.1 Å². The minimum Gasteiger partial charge on any atom is -0.323 e. The molecule has 0 saturated heterocycles. The second kappa shape index (κ2) is 5.71. The van der Waals surface area contributed by atoms with Crippen molar-refractivity contribution in [1.29, 1.82) is 0 Å². The molecule has 1 unspecified atom stereocenters. The van der Waals surface area contributed by atoms with E-state index in [1.54, 1.807) is 11.3 Å². The molecule has 0 aliphatic carbocycles. The second-order valence-electron chi connectivity index (χ2n) is 4.22. The first-order valence-corrected chi connectivity index (χ1v) is 7.52. The molecule has 0 bridgehead atoms. The lowest BCUT2D eigenvalue weighted by Gasteiger charge is -2.09. The zero-order chi connectivity index (χ0) is 12.3. The molecule has 17 heavy (non-hydrogen) atoms. The van der Waals surface area contributed by atoms with Gasteiger partial charge in [0.1, 0.15) is 0 Å². The molecule has 0 aliphatic heterocycles. The van der Waals surface area contributed by atoms with Crippen LogP contribution in [0.4, 0.5) is 0 Å². The van der Waals surface area contributed by atoms with Crippen molar-refractivity contribution in [2.45, 2.75) is 24.8 Å². The molecule has 1 nitrogen and oxygen atoms in total. The molecular weight excluding hydrogens is 246 g/mol. The van der Waals surface area contributed by atoms with Crippen molar-refractivity contribution in [3.63, 3.8) is 0 Å². The van der Waals surface area contributed by atoms with Gasteiger partial charge in [0.2, 0.25) is 0 Å². The second-order valence-corrected chi connectivity index (χ2v) is 6.43. The Hall–Kier alpha value is -0.770. The Labute approximate surface area is 111 Å². The number of rotatable bonds is 4. The number of hydrogen-bond donors (Lipinski definition) is 1. The first-order valence-electron chi connectivity index (χ1n) is 5.65. The Morgan fingerprint density at radius 2 is 2.12 bits per heavy atom. The van der Waals surface area contributed by atoms with Crippen molar-refractivity contribution in [2.75, 3.05) is 5.75 Å². The van der Waals surface area contributed by atoms with Crippen molar-refractivity contribution in [1.82, 2.24) is 0 Å². The molecule has 0 aliphatic rings. The summed E-state index contributed by atoms with van der Waals surface area (Å²) in [6, 6.07) is 10.9. The fraction of sp³-hybridized carbons (Fsp3) is 0.286. The van der Waals surface area contributed by atoms with Crippen LogP contribution in [-0.2, 0) is 0 Å². The van der Waals surface area contributed by atoms with E-state index in [0.717, 1.165) is 5.75 Å². The lowest BCUT2D eigenvalue weighted by molar-refractivity contribution is 0.835. The maximum Gasteiger partial charge on any atom is 0.0398 e. The highest BCUT2D eigenvalue weighted by molar-refractivity contribution is 7.99. The van der Waals surface area contributed by atoms with Crippen molar-refractivity contribution in [3.8, 4) is 0 Å². The lowest BCUT2D eigenvalue weighted by Crippen LogP contribution is -2.11. The van der Waals surface area contributed by atoms with Crippen LogP contribution in [0.5, 0.6) is 0 Å². The van der Waals surface area contributed by atoms with E-state index in [2.05, 4.69) is 49.6 Å². The van der Waals surface area contributed by atoms with Gasteiger partial charge in [-0.3, -0.25) is 0 Å². The van der Waals surface area contributed by atoms with Crippen molar-refractivity contribution in [2.24, 2.45) is 5.73 Å². The van der Waals surface area contributed by atoms with Gasteiger partial charge in [0.05, 0.1) is 0 Å². The highest BCUT2D eigenvalue weighted by Crippen LogP contribution is 2.26. The van der Waals surface area contributed by atoms with Crippen LogP contribution in [0.1, 0.15) is 22.0 Å². The summed E-state index contributed by atoms with van der Waals surface area (Å²) in [5.74, 6) is 0.930. The number of benzene rings is 1. The quantitative estimate of drug-likeness (QED) is 0.838. The van der Waals surface area contributed by atoms with Gasteiger partial charge < -0.3 is 5.73 Å². The van der Waals surface area contributed by atoms with Gasteiger partial charge in [-0.15, -0.1) is 23.1 Å². The third-order valence-electron chi connectivity index (χ3n) is 2.60. The summed E-state index contributed by atoms with van der Waals surface area (Å²) in [5, 5.41) is 2.16. The Kier molecular flexibility index (Phi) is 4.26. The van der Waals surface area contributed by atoms with E-state index in [4.69, 9.17) is 5.73 Å². The zero-order valence-corrected chi connectivity index (χ0v) is 11.8. The summed E-state index contributed by atoms with van der Waals surface area (Å²) in [4.78, 5) is 2.63. The number of nitrogens with two attached hydrogens (primary N) is 1. The van der Waals surface area contributed by atoms with Crippen LogP contribution in [0.15, 0.2) is 40.6 Å².